The summed E-state index contributed by atoms with van der Waals surface area (Å²) in [6.07, 6.45) is 8.01. The molecule has 1 amide bonds. The van der Waals surface area contributed by atoms with Crippen LogP contribution >= 0.6 is 11.3 Å². The van der Waals surface area contributed by atoms with Gasteiger partial charge in [-0.15, -0.1) is 11.3 Å². The van der Waals surface area contributed by atoms with Crippen molar-refractivity contribution in [2.75, 3.05) is 11.9 Å². The summed E-state index contributed by atoms with van der Waals surface area (Å²) in [4.78, 5) is 13.7. The van der Waals surface area contributed by atoms with Crippen molar-refractivity contribution in [3.63, 3.8) is 0 Å². The van der Waals surface area contributed by atoms with Gasteiger partial charge in [0.25, 0.3) is 0 Å². The molecule has 140 valence electrons. The van der Waals surface area contributed by atoms with E-state index in [2.05, 4.69) is 41.8 Å². The van der Waals surface area contributed by atoms with Gasteiger partial charge < -0.3 is 10.6 Å². The molecule has 0 spiro atoms. The number of anilines is 1. The lowest BCUT2D eigenvalue weighted by Crippen LogP contribution is -2.30. The largest absolute Gasteiger partial charge is 0.315 e. The smallest absolute Gasteiger partial charge is 0.238 e. The highest BCUT2D eigenvalue weighted by Crippen LogP contribution is 2.38. The number of nitriles is 1. The van der Waals surface area contributed by atoms with Gasteiger partial charge in [0.2, 0.25) is 5.91 Å². The lowest BCUT2D eigenvalue weighted by atomic mass is 9.89. The van der Waals surface area contributed by atoms with Gasteiger partial charge in [-0.1, -0.05) is 18.2 Å². The first-order valence-electron chi connectivity index (χ1n) is 9.85. The zero-order valence-corrected chi connectivity index (χ0v) is 16.5. The first-order chi connectivity index (χ1) is 13.2. The molecule has 0 unspecified atom stereocenters. The fraction of sp³-hybridized carbons (Fsp3) is 0.455. The lowest BCUT2D eigenvalue weighted by molar-refractivity contribution is -0.115. The maximum Gasteiger partial charge on any atom is 0.238 e. The van der Waals surface area contributed by atoms with Crippen LogP contribution in [0, 0.1) is 11.3 Å². The Balaban J connectivity index is 1.36. The number of nitrogens with one attached hydrogen (secondary N) is 2. The highest BCUT2D eigenvalue weighted by Gasteiger charge is 2.23. The third-order valence-electron chi connectivity index (χ3n) is 5.73. The van der Waals surface area contributed by atoms with Gasteiger partial charge >= 0.3 is 0 Å². The first-order valence-corrected chi connectivity index (χ1v) is 10.7. The van der Waals surface area contributed by atoms with E-state index in [0.717, 1.165) is 36.2 Å². The predicted molar refractivity (Wildman–Crippen MR) is 109 cm³/mol. The third kappa shape index (κ3) is 3.78. The molecule has 0 saturated heterocycles. The average Bonchev–Trinajstić information content (AvgIpc) is 3.26. The Morgan fingerprint density at radius 3 is 2.81 bits per heavy atom. The number of carbonyl (C=O) groups excluding carboxylic acids is 1. The fourth-order valence-corrected chi connectivity index (χ4v) is 5.42. The molecule has 1 heterocycles. The van der Waals surface area contributed by atoms with E-state index in [9.17, 15) is 10.1 Å². The second-order valence-electron chi connectivity index (χ2n) is 7.56. The van der Waals surface area contributed by atoms with E-state index in [4.69, 9.17) is 0 Å². The summed E-state index contributed by atoms with van der Waals surface area (Å²) in [5.74, 6) is -0.0868. The number of fused-ring (bicyclic) bond motifs is 2. The molecule has 4 nitrogen and oxygen atoms in total. The molecule has 0 bridgehead atoms. The van der Waals surface area contributed by atoms with Crippen molar-refractivity contribution in [3.05, 3.63) is 50.9 Å². The summed E-state index contributed by atoms with van der Waals surface area (Å²) >= 11 is 1.57. The van der Waals surface area contributed by atoms with Gasteiger partial charge in [-0.2, -0.15) is 5.26 Å². The van der Waals surface area contributed by atoms with Crippen molar-refractivity contribution in [1.82, 2.24) is 5.32 Å². The van der Waals surface area contributed by atoms with E-state index in [-0.39, 0.29) is 18.5 Å². The van der Waals surface area contributed by atoms with Gasteiger partial charge in [-0.05, 0) is 74.1 Å². The summed E-state index contributed by atoms with van der Waals surface area (Å²) in [7, 11) is 0. The molecule has 0 fully saturated rings. The highest BCUT2D eigenvalue weighted by molar-refractivity contribution is 7.16. The summed E-state index contributed by atoms with van der Waals surface area (Å²) in [6, 6.07) is 9.11. The van der Waals surface area contributed by atoms with E-state index in [1.54, 1.807) is 11.3 Å². The minimum absolute atomic E-state index is 0.0868. The second-order valence-corrected chi connectivity index (χ2v) is 8.66. The number of thiophene rings is 1. The molecule has 4 rings (SSSR count). The molecule has 27 heavy (non-hydrogen) atoms. The van der Waals surface area contributed by atoms with E-state index in [1.165, 1.54) is 40.8 Å². The number of aryl methyl sites for hydroxylation is 3. The zero-order chi connectivity index (χ0) is 18.8. The number of hydrogen-bond acceptors (Lipinski definition) is 4. The van der Waals surface area contributed by atoms with Gasteiger partial charge in [0, 0.05) is 10.9 Å². The van der Waals surface area contributed by atoms with Crippen molar-refractivity contribution < 1.29 is 4.79 Å². The normalized spacial score (nSPS) is 16.3. The lowest BCUT2D eigenvalue weighted by Gasteiger charge is -2.20. The minimum Gasteiger partial charge on any atom is -0.315 e. The van der Waals surface area contributed by atoms with Crippen LogP contribution in [0.15, 0.2) is 18.2 Å². The molecule has 2 aromatic rings. The monoisotopic (exact) mass is 379 g/mol. The van der Waals surface area contributed by atoms with Crippen molar-refractivity contribution in [2.24, 2.45) is 0 Å². The summed E-state index contributed by atoms with van der Waals surface area (Å²) < 4.78 is 0. The Bertz CT molecular complexity index is 909. The van der Waals surface area contributed by atoms with Crippen molar-refractivity contribution >= 4 is 22.2 Å². The Hall–Kier alpha value is -2.16. The van der Waals surface area contributed by atoms with Crippen LogP contribution in [0.4, 0.5) is 5.00 Å². The maximum absolute atomic E-state index is 12.4. The Morgan fingerprint density at radius 1 is 1.19 bits per heavy atom. The minimum atomic E-state index is -0.0868. The SMILES string of the molecule is C[C@@H](NCC(=O)Nc1sc2c(c1C#N)CCC2)c1ccc2c(c1)CCCC2. The van der Waals surface area contributed by atoms with E-state index < -0.39 is 0 Å². The highest BCUT2D eigenvalue weighted by atomic mass is 32.1. The van der Waals surface area contributed by atoms with Crippen molar-refractivity contribution in [2.45, 2.75) is 57.9 Å². The molecule has 1 atom stereocenters. The first kappa shape index (κ1) is 18.2. The third-order valence-corrected chi connectivity index (χ3v) is 6.93. The molecule has 2 N–H and O–H groups in total. The number of benzene rings is 1. The Labute approximate surface area is 164 Å². The van der Waals surface area contributed by atoms with Crippen LogP contribution in [-0.4, -0.2) is 12.5 Å². The molecule has 0 aliphatic heterocycles. The molecule has 0 radical (unpaired) electrons. The molecule has 1 aromatic carbocycles. The zero-order valence-electron chi connectivity index (χ0n) is 15.7. The van der Waals surface area contributed by atoms with Gasteiger partial charge in [-0.3, -0.25) is 4.79 Å². The summed E-state index contributed by atoms with van der Waals surface area (Å²) in [5, 5.41) is 16.4. The van der Waals surface area contributed by atoms with Crippen LogP contribution in [0.25, 0.3) is 0 Å². The number of nitrogens with zero attached hydrogens (tertiary/aromatic N) is 1. The van der Waals surface area contributed by atoms with Gasteiger partial charge in [0.05, 0.1) is 12.1 Å². The maximum atomic E-state index is 12.4. The molecule has 2 aliphatic rings. The van der Waals surface area contributed by atoms with Crippen LogP contribution in [0.2, 0.25) is 0 Å². The standard InChI is InChI=1S/C22H25N3OS/c1-14(16-10-9-15-5-2-3-6-17(15)11-16)24-13-21(26)25-22-19(12-23)18-7-4-8-20(18)27-22/h9-11,14,24H,2-8,13H2,1H3,(H,25,26)/t14-/m1/s1. The Kier molecular flexibility index (Phi) is 5.29. The quantitative estimate of drug-likeness (QED) is 0.815. The van der Waals surface area contributed by atoms with Crippen molar-refractivity contribution in [3.8, 4) is 6.07 Å². The van der Waals surface area contributed by atoms with Crippen LogP contribution in [0.5, 0.6) is 0 Å². The van der Waals surface area contributed by atoms with Crippen LogP contribution < -0.4 is 10.6 Å². The van der Waals surface area contributed by atoms with Gasteiger partial charge in [0.15, 0.2) is 0 Å². The topological polar surface area (TPSA) is 64.9 Å². The van der Waals surface area contributed by atoms with Gasteiger partial charge in [-0.25, -0.2) is 0 Å². The Morgan fingerprint density at radius 2 is 2.00 bits per heavy atom. The van der Waals surface area contributed by atoms with Crippen molar-refractivity contribution in [1.29, 1.82) is 5.26 Å². The summed E-state index contributed by atoms with van der Waals surface area (Å²) in [6.45, 7) is 2.34. The second kappa shape index (κ2) is 7.84. The van der Waals surface area contributed by atoms with Gasteiger partial charge in [0.1, 0.15) is 11.1 Å². The van der Waals surface area contributed by atoms with E-state index in [1.807, 2.05) is 0 Å². The fourth-order valence-electron chi connectivity index (χ4n) is 4.17. The number of rotatable bonds is 5. The number of amides is 1. The average molecular weight is 380 g/mol. The summed E-state index contributed by atoms with van der Waals surface area (Å²) in [5.41, 5.74) is 5.99. The molecular formula is C22H25N3OS. The molecular weight excluding hydrogens is 354 g/mol. The molecule has 1 aromatic heterocycles. The number of hydrogen-bond donors (Lipinski definition) is 2. The van der Waals surface area contributed by atoms with Crippen LogP contribution in [0.1, 0.15) is 64.9 Å². The van der Waals surface area contributed by atoms with Crippen LogP contribution in [-0.2, 0) is 30.5 Å². The predicted octanol–water partition coefficient (Wildman–Crippen LogP) is 4.28. The molecule has 5 heteroatoms. The van der Waals surface area contributed by atoms with E-state index >= 15 is 0 Å². The number of carbonyl (C=O) groups is 1. The molecule has 0 saturated carbocycles. The van der Waals surface area contributed by atoms with E-state index in [0.29, 0.717) is 5.56 Å². The van der Waals surface area contributed by atoms with Crippen LogP contribution in [0.3, 0.4) is 0 Å². The molecule has 2 aliphatic carbocycles.